The first-order valence-corrected chi connectivity index (χ1v) is 8.54. The van der Waals surface area contributed by atoms with Crippen molar-refractivity contribution in [3.05, 3.63) is 0 Å². The second-order valence-corrected chi connectivity index (χ2v) is 7.00. The summed E-state index contributed by atoms with van der Waals surface area (Å²) in [5.41, 5.74) is -0.564. The summed E-state index contributed by atoms with van der Waals surface area (Å²) in [6.45, 7) is 14.2. The highest BCUT2D eigenvalue weighted by Gasteiger charge is 2.34. The minimum Gasteiger partial charge on any atom is -0.465 e. The Labute approximate surface area is 130 Å². The van der Waals surface area contributed by atoms with Crippen LogP contribution in [-0.4, -0.2) is 48.7 Å². The summed E-state index contributed by atoms with van der Waals surface area (Å²) in [4.78, 5) is 14.8. The highest BCUT2D eigenvalue weighted by Crippen LogP contribution is 2.19. The van der Waals surface area contributed by atoms with Crippen molar-refractivity contribution in [1.29, 1.82) is 0 Å². The average molecular weight is 298 g/mol. The zero-order chi connectivity index (χ0) is 15.9. The Kier molecular flexibility index (Phi) is 7.67. The lowest BCUT2D eigenvalue weighted by Gasteiger charge is -2.34. The molecule has 0 amide bonds. The fraction of sp³-hybridized carbons (Fsp3) is 0.941. The van der Waals surface area contributed by atoms with E-state index in [1.807, 2.05) is 13.8 Å². The Morgan fingerprint density at radius 3 is 2.76 bits per heavy atom. The lowest BCUT2D eigenvalue weighted by atomic mass is 9.94. The molecule has 0 aliphatic carbocycles. The van der Waals surface area contributed by atoms with Crippen LogP contribution >= 0.6 is 0 Å². The molecule has 1 N–H and O–H groups in total. The van der Waals surface area contributed by atoms with Crippen molar-refractivity contribution in [1.82, 2.24) is 10.2 Å². The molecule has 1 heterocycles. The second kappa shape index (κ2) is 8.74. The van der Waals surface area contributed by atoms with Gasteiger partial charge in [0.1, 0.15) is 5.54 Å². The number of carbonyl (C=O) groups excluding carboxylic acids is 1. The zero-order valence-corrected chi connectivity index (χ0v) is 14.6. The molecule has 0 aromatic carbocycles. The summed E-state index contributed by atoms with van der Waals surface area (Å²) in [5.74, 6) is 0.690. The minimum atomic E-state index is -0.564. The number of hydrogen-bond acceptors (Lipinski definition) is 4. The van der Waals surface area contributed by atoms with Crippen LogP contribution in [0.2, 0.25) is 0 Å². The van der Waals surface area contributed by atoms with Gasteiger partial charge in [-0.2, -0.15) is 0 Å². The minimum absolute atomic E-state index is 0.120. The van der Waals surface area contributed by atoms with E-state index in [1.54, 1.807) is 0 Å². The number of piperidine rings is 1. The first kappa shape index (κ1) is 18.4. The van der Waals surface area contributed by atoms with Crippen LogP contribution in [0.25, 0.3) is 0 Å². The molecule has 2 atom stereocenters. The van der Waals surface area contributed by atoms with Gasteiger partial charge in [-0.25, -0.2) is 0 Å². The lowest BCUT2D eigenvalue weighted by molar-refractivity contribution is -0.151. The monoisotopic (exact) mass is 298 g/mol. The van der Waals surface area contributed by atoms with E-state index >= 15 is 0 Å². The standard InChI is InChI=1S/C17H34N2O2/c1-6-21-16(20)17(5,18-14(2)3)10-8-12-19-11-7-9-15(4)13-19/h14-15,18H,6-13H2,1-5H3. The largest absolute Gasteiger partial charge is 0.465 e. The number of nitrogens with zero attached hydrogens (tertiary/aromatic N) is 1. The number of rotatable bonds is 8. The van der Waals surface area contributed by atoms with Gasteiger partial charge in [0.05, 0.1) is 6.61 Å². The van der Waals surface area contributed by atoms with Gasteiger partial charge in [0.25, 0.3) is 0 Å². The fourth-order valence-corrected chi connectivity index (χ4v) is 3.31. The molecule has 4 nitrogen and oxygen atoms in total. The van der Waals surface area contributed by atoms with E-state index in [1.165, 1.54) is 25.9 Å². The zero-order valence-electron chi connectivity index (χ0n) is 14.6. The number of carbonyl (C=O) groups is 1. The van der Waals surface area contributed by atoms with Crippen LogP contribution in [0.4, 0.5) is 0 Å². The molecule has 1 aliphatic rings. The quantitative estimate of drug-likeness (QED) is 0.700. The van der Waals surface area contributed by atoms with Crippen molar-refractivity contribution in [3.63, 3.8) is 0 Å². The summed E-state index contributed by atoms with van der Waals surface area (Å²) in [6.07, 6.45) is 4.52. The Hall–Kier alpha value is -0.610. The molecule has 1 saturated heterocycles. The summed E-state index contributed by atoms with van der Waals surface area (Å²) in [6, 6.07) is 0.273. The summed E-state index contributed by atoms with van der Waals surface area (Å²) in [5, 5.41) is 3.39. The number of nitrogens with one attached hydrogen (secondary N) is 1. The third-order valence-electron chi connectivity index (χ3n) is 4.23. The maximum atomic E-state index is 12.2. The highest BCUT2D eigenvalue weighted by atomic mass is 16.5. The number of hydrogen-bond donors (Lipinski definition) is 1. The molecule has 0 spiro atoms. The molecular formula is C17H34N2O2. The molecule has 21 heavy (non-hydrogen) atoms. The van der Waals surface area contributed by atoms with Crippen molar-refractivity contribution in [2.45, 2.75) is 71.9 Å². The molecule has 0 radical (unpaired) electrons. The number of esters is 1. The SMILES string of the molecule is CCOC(=O)C(C)(CCCN1CCCC(C)C1)NC(C)C. The lowest BCUT2D eigenvalue weighted by Crippen LogP contribution is -2.53. The van der Waals surface area contributed by atoms with Crippen molar-refractivity contribution < 1.29 is 9.53 Å². The van der Waals surface area contributed by atoms with Crippen LogP contribution in [0.15, 0.2) is 0 Å². The van der Waals surface area contributed by atoms with Gasteiger partial charge in [0, 0.05) is 12.6 Å². The first-order chi connectivity index (χ1) is 9.87. The molecule has 1 fully saturated rings. The molecule has 4 heteroatoms. The molecule has 0 saturated carbocycles. The molecule has 0 bridgehead atoms. The van der Waals surface area contributed by atoms with Gasteiger partial charge in [-0.15, -0.1) is 0 Å². The normalized spacial score (nSPS) is 23.0. The molecule has 1 aliphatic heterocycles. The van der Waals surface area contributed by atoms with Gasteiger partial charge in [-0.05, 0) is 72.4 Å². The predicted octanol–water partition coefficient (Wildman–Crippen LogP) is 2.82. The van der Waals surface area contributed by atoms with Gasteiger partial charge in [-0.3, -0.25) is 10.1 Å². The van der Waals surface area contributed by atoms with Crippen molar-refractivity contribution >= 4 is 5.97 Å². The van der Waals surface area contributed by atoms with Gasteiger partial charge in [0.2, 0.25) is 0 Å². The third kappa shape index (κ3) is 6.35. The van der Waals surface area contributed by atoms with Crippen molar-refractivity contribution in [2.75, 3.05) is 26.2 Å². The smallest absolute Gasteiger partial charge is 0.326 e. The van der Waals surface area contributed by atoms with E-state index in [0.29, 0.717) is 6.61 Å². The highest BCUT2D eigenvalue weighted by molar-refractivity contribution is 5.80. The topological polar surface area (TPSA) is 41.6 Å². The maximum Gasteiger partial charge on any atom is 0.326 e. The summed E-state index contributed by atoms with van der Waals surface area (Å²) >= 11 is 0. The van der Waals surface area contributed by atoms with E-state index in [9.17, 15) is 4.79 Å². The molecule has 124 valence electrons. The molecule has 0 aromatic heterocycles. The van der Waals surface area contributed by atoms with Crippen LogP contribution in [-0.2, 0) is 9.53 Å². The Morgan fingerprint density at radius 1 is 1.48 bits per heavy atom. The Morgan fingerprint density at radius 2 is 2.19 bits per heavy atom. The van der Waals surface area contributed by atoms with Gasteiger partial charge in [-0.1, -0.05) is 6.92 Å². The summed E-state index contributed by atoms with van der Waals surface area (Å²) in [7, 11) is 0. The van der Waals surface area contributed by atoms with E-state index < -0.39 is 5.54 Å². The Balaban J connectivity index is 2.47. The number of ether oxygens (including phenoxy) is 1. The van der Waals surface area contributed by atoms with Crippen LogP contribution in [0, 0.1) is 5.92 Å². The average Bonchev–Trinajstić information content (AvgIpc) is 2.38. The molecule has 1 rings (SSSR count). The van der Waals surface area contributed by atoms with Gasteiger partial charge < -0.3 is 9.64 Å². The fourth-order valence-electron chi connectivity index (χ4n) is 3.31. The first-order valence-electron chi connectivity index (χ1n) is 8.54. The predicted molar refractivity (Wildman–Crippen MR) is 87.4 cm³/mol. The Bertz CT molecular complexity index is 320. The molecule has 0 aromatic rings. The van der Waals surface area contributed by atoms with Crippen LogP contribution in [0.5, 0.6) is 0 Å². The van der Waals surface area contributed by atoms with Gasteiger partial charge >= 0.3 is 5.97 Å². The third-order valence-corrected chi connectivity index (χ3v) is 4.23. The van der Waals surface area contributed by atoms with E-state index in [2.05, 4.69) is 31.0 Å². The van der Waals surface area contributed by atoms with E-state index in [4.69, 9.17) is 4.74 Å². The van der Waals surface area contributed by atoms with Crippen LogP contribution in [0.3, 0.4) is 0 Å². The van der Waals surface area contributed by atoms with Crippen molar-refractivity contribution in [3.8, 4) is 0 Å². The second-order valence-electron chi connectivity index (χ2n) is 7.00. The molecule has 2 unspecified atom stereocenters. The molecular weight excluding hydrogens is 264 g/mol. The van der Waals surface area contributed by atoms with Crippen LogP contribution in [0.1, 0.15) is 60.3 Å². The van der Waals surface area contributed by atoms with Gasteiger partial charge in [0.15, 0.2) is 0 Å². The number of likely N-dealkylation sites (tertiary alicyclic amines) is 1. The van der Waals surface area contributed by atoms with E-state index in [0.717, 1.165) is 25.3 Å². The maximum absolute atomic E-state index is 12.2. The van der Waals surface area contributed by atoms with Crippen molar-refractivity contribution in [2.24, 2.45) is 5.92 Å². The summed E-state index contributed by atoms with van der Waals surface area (Å²) < 4.78 is 5.25. The van der Waals surface area contributed by atoms with Crippen LogP contribution < -0.4 is 5.32 Å². The van der Waals surface area contributed by atoms with E-state index in [-0.39, 0.29) is 12.0 Å².